The molecule has 0 radical (unpaired) electrons. The molecular formula is C17H22BrClN4O. The fourth-order valence-corrected chi connectivity index (χ4v) is 3.23. The Hall–Kier alpha value is -1.37. The Morgan fingerprint density at radius 3 is 2.75 bits per heavy atom. The van der Waals surface area contributed by atoms with E-state index in [1.54, 1.807) is 10.9 Å². The molecule has 0 spiro atoms. The van der Waals surface area contributed by atoms with Crippen molar-refractivity contribution in [3.8, 4) is 5.69 Å². The van der Waals surface area contributed by atoms with Crippen LogP contribution < -0.4 is 10.6 Å². The SMILES string of the molecule is Cc1c(C(=O)NC2CCCNC2C)cnn1-c1ccc(Br)cc1.Cl. The number of hydrogen-bond acceptors (Lipinski definition) is 3. The van der Waals surface area contributed by atoms with Crippen LogP contribution in [0, 0.1) is 6.92 Å². The van der Waals surface area contributed by atoms with Gasteiger partial charge in [0.2, 0.25) is 0 Å². The van der Waals surface area contributed by atoms with Crippen molar-refractivity contribution in [2.24, 2.45) is 0 Å². The molecule has 1 fully saturated rings. The van der Waals surface area contributed by atoms with Crippen molar-refractivity contribution >= 4 is 34.2 Å². The predicted molar refractivity (Wildman–Crippen MR) is 101 cm³/mol. The largest absolute Gasteiger partial charge is 0.348 e. The Kier molecular flexibility index (Phi) is 6.43. The molecule has 2 unspecified atom stereocenters. The summed E-state index contributed by atoms with van der Waals surface area (Å²) in [5, 5.41) is 10.9. The monoisotopic (exact) mass is 412 g/mol. The summed E-state index contributed by atoms with van der Waals surface area (Å²) in [5.41, 5.74) is 2.42. The maximum absolute atomic E-state index is 12.6. The van der Waals surface area contributed by atoms with E-state index in [2.05, 4.69) is 38.6 Å². The molecule has 24 heavy (non-hydrogen) atoms. The number of aromatic nitrogens is 2. The molecule has 1 aliphatic heterocycles. The lowest BCUT2D eigenvalue weighted by atomic mass is 9.99. The Balaban J connectivity index is 0.00000208. The van der Waals surface area contributed by atoms with Gasteiger partial charge in [-0.2, -0.15) is 5.10 Å². The van der Waals surface area contributed by atoms with Crippen molar-refractivity contribution in [1.29, 1.82) is 0 Å². The standard InChI is InChI=1S/C17H21BrN4O.ClH/c1-11-16(4-3-9-19-11)21-17(23)15-10-20-22(12(15)2)14-7-5-13(18)6-8-14;/h5-8,10-11,16,19H,3-4,9H2,1-2H3,(H,21,23);1H. The Bertz CT molecular complexity index is 701. The van der Waals surface area contributed by atoms with Crippen LogP contribution in [-0.4, -0.2) is 34.3 Å². The van der Waals surface area contributed by atoms with Gasteiger partial charge in [0.25, 0.3) is 5.91 Å². The average Bonchev–Trinajstić information content (AvgIpc) is 2.92. The molecule has 1 saturated heterocycles. The summed E-state index contributed by atoms with van der Waals surface area (Å²) in [5.74, 6) is -0.0496. The van der Waals surface area contributed by atoms with E-state index in [0.717, 1.165) is 35.2 Å². The summed E-state index contributed by atoms with van der Waals surface area (Å²) in [4.78, 5) is 12.6. The number of hydrogen-bond donors (Lipinski definition) is 2. The third-order valence-electron chi connectivity index (χ3n) is 4.40. The van der Waals surface area contributed by atoms with Crippen LogP contribution in [0.1, 0.15) is 35.8 Å². The lowest BCUT2D eigenvalue weighted by molar-refractivity contribution is 0.0919. The van der Waals surface area contributed by atoms with Crippen molar-refractivity contribution in [2.45, 2.75) is 38.8 Å². The van der Waals surface area contributed by atoms with Crippen molar-refractivity contribution in [2.75, 3.05) is 6.54 Å². The van der Waals surface area contributed by atoms with Crippen LogP contribution in [0.25, 0.3) is 5.69 Å². The summed E-state index contributed by atoms with van der Waals surface area (Å²) in [7, 11) is 0. The van der Waals surface area contributed by atoms with Crippen LogP contribution in [0.5, 0.6) is 0 Å². The summed E-state index contributed by atoms with van der Waals surface area (Å²) >= 11 is 3.43. The molecule has 3 rings (SSSR count). The zero-order valence-corrected chi connectivity index (χ0v) is 16.2. The number of amides is 1. The molecule has 130 valence electrons. The molecule has 2 atom stereocenters. The molecule has 0 bridgehead atoms. The van der Waals surface area contributed by atoms with Gasteiger partial charge >= 0.3 is 0 Å². The van der Waals surface area contributed by atoms with Gasteiger partial charge in [-0.25, -0.2) is 4.68 Å². The minimum atomic E-state index is -0.0496. The second kappa shape index (κ2) is 8.14. The van der Waals surface area contributed by atoms with E-state index in [0.29, 0.717) is 11.6 Å². The number of halogens is 2. The van der Waals surface area contributed by atoms with Gasteiger partial charge in [0.15, 0.2) is 0 Å². The lowest BCUT2D eigenvalue weighted by Crippen LogP contribution is -2.51. The highest BCUT2D eigenvalue weighted by Crippen LogP contribution is 2.18. The molecule has 1 aliphatic rings. The fraction of sp³-hybridized carbons (Fsp3) is 0.412. The smallest absolute Gasteiger partial charge is 0.255 e. The summed E-state index contributed by atoms with van der Waals surface area (Å²) in [6, 6.07) is 8.34. The number of nitrogens with one attached hydrogen (secondary N) is 2. The molecule has 2 heterocycles. The number of carbonyl (C=O) groups is 1. The lowest BCUT2D eigenvalue weighted by Gasteiger charge is -2.30. The van der Waals surface area contributed by atoms with E-state index in [4.69, 9.17) is 0 Å². The van der Waals surface area contributed by atoms with E-state index < -0.39 is 0 Å². The van der Waals surface area contributed by atoms with Crippen LogP contribution in [-0.2, 0) is 0 Å². The molecule has 2 aromatic rings. The maximum Gasteiger partial charge on any atom is 0.255 e. The van der Waals surface area contributed by atoms with Crippen molar-refractivity contribution in [3.05, 3.63) is 46.2 Å². The molecule has 1 amide bonds. The summed E-state index contributed by atoms with van der Waals surface area (Å²) < 4.78 is 2.81. The topological polar surface area (TPSA) is 59.0 Å². The van der Waals surface area contributed by atoms with Gasteiger partial charge in [-0.3, -0.25) is 4.79 Å². The van der Waals surface area contributed by atoms with Crippen molar-refractivity contribution < 1.29 is 4.79 Å². The summed E-state index contributed by atoms with van der Waals surface area (Å²) in [6.07, 6.45) is 3.75. The van der Waals surface area contributed by atoms with E-state index in [9.17, 15) is 4.79 Å². The molecule has 5 nitrogen and oxygen atoms in total. The first kappa shape index (κ1) is 19.0. The second-order valence-electron chi connectivity index (χ2n) is 6.00. The van der Waals surface area contributed by atoms with Crippen molar-refractivity contribution in [1.82, 2.24) is 20.4 Å². The quantitative estimate of drug-likeness (QED) is 0.812. The van der Waals surface area contributed by atoms with E-state index in [1.807, 2.05) is 31.2 Å². The Labute approximate surface area is 156 Å². The number of benzene rings is 1. The first-order valence-corrected chi connectivity index (χ1v) is 8.70. The van der Waals surface area contributed by atoms with Gasteiger partial charge in [-0.05, 0) is 57.5 Å². The van der Waals surface area contributed by atoms with Gasteiger partial charge in [-0.15, -0.1) is 12.4 Å². The van der Waals surface area contributed by atoms with Crippen LogP contribution >= 0.6 is 28.3 Å². The first-order valence-electron chi connectivity index (χ1n) is 7.91. The number of piperidine rings is 1. The molecule has 0 aliphatic carbocycles. The van der Waals surface area contributed by atoms with Gasteiger partial charge < -0.3 is 10.6 Å². The zero-order chi connectivity index (χ0) is 16.4. The molecule has 7 heteroatoms. The maximum atomic E-state index is 12.6. The molecule has 0 saturated carbocycles. The van der Waals surface area contributed by atoms with Crippen LogP contribution in [0.4, 0.5) is 0 Å². The Morgan fingerprint density at radius 2 is 2.08 bits per heavy atom. The van der Waals surface area contributed by atoms with E-state index in [1.165, 1.54) is 0 Å². The van der Waals surface area contributed by atoms with Gasteiger partial charge in [0, 0.05) is 16.6 Å². The average molecular weight is 414 g/mol. The van der Waals surface area contributed by atoms with E-state index in [-0.39, 0.29) is 24.4 Å². The van der Waals surface area contributed by atoms with Crippen LogP contribution in [0.15, 0.2) is 34.9 Å². The second-order valence-corrected chi connectivity index (χ2v) is 6.91. The van der Waals surface area contributed by atoms with Crippen LogP contribution in [0.2, 0.25) is 0 Å². The number of rotatable bonds is 3. The third-order valence-corrected chi connectivity index (χ3v) is 4.93. The fourth-order valence-electron chi connectivity index (χ4n) is 2.96. The highest BCUT2D eigenvalue weighted by Gasteiger charge is 2.24. The van der Waals surface area contributed by atoms with Crippen molar-refractivity contribution in [3.63, 3.8) is 0 Å². The molecule has 1 aromatic carbocycles. The molecule has 2 N–H and O–H groups in total. The summed E-state index contributed by atoms with van der Waals surface area (Å²) in [6.45, 7) is 5.06. The first-order chi connectivity index (χ1) is 11.1. The highest BCUT2D eigenvalue weighted by atomic mass is 79.9. The minimum absolute atomic E-state index is 0. The highest BCUT2D eigenvalue weighted by molar-refractivity contribution is 9.10. The van der Waals surface area contributed by atoms with E-state index >= 15 is 0 Å². The number of nitrogens with zero attached hydrogens (tertiary/aromatic N) is 2. The Morgan fingerprint density at radius 1 is 1.38 bits per heavy atom. The molecular weight excluding hydrogens is 392 g/mol. The predicted octanol–water partition coefficient (Wildman–Crippen LogP) is 3.24. The zero-order valence-electron chi connectivity index (χ0n) is 13.8. The minimum Gasteiger partial charge on any atom is -0.348 e. The molecule has 1 aromatic heterocycles. The van der Waals surface area contributed by atoms with Gasteiger partial charge in [0.05, 0.1) is 23.1 Å². The van der Waals surface area contributed by atoms with Gasteiger partial charge in [-0.1, -0.05) is 15.9 Å². The van der Waals surface area contributed by atoms with Gasteiger partial charge in [0.1, 0.15) is 0 Å². The number of carbonyl (C=O) groups excluding carboxylic acids is 1. The third kappa shape index (κ3) is 3.99. The normalized spacial score (nSPS) is 20.3. The van der Waals surface area contributed by atoms with Crippen LogP contribution in [0.3, 0.4) is 0 Å².